The number of aryl methyl sites for hydroxylation is 3. The number of carbonyl (C=O) groups is 1. The maximum absolute atomic E-state index is 11.1. The molecule has 3 aromatic rings. The van der Waals surface area contributed by atoms with Gasteiger partial charge in [-0.05, 0) is 56.2 Å². The van der Waals surface area contributed by atoms with Crippen LogP contribution in [0.2, 0.25) is 0 Å². The lowest BCUT2D eigenvalue weighted by molar-refractivity contribution is -0.114. The van der Waals surface area contributed by atoms with E-state index >= 15 is 0 Å². The second-order valence-corrected chi connectivity index (χ2v) is 6.49. The van der Waals surface area contributed by atoms with E-state index in [4.69, 9.17) is 0 Å². The molecule has 1 aromatic heterocycles. The van der Waals surface area contributed by atoms with Crippen molar-refractivity contribution in [1.82, 2.24) is 9.97 Å². The summed E-state index contributed by atoms with van der Waals surface area (Å²) in [6, 6.07) is 15.5. The van der Waals surface area contributed by atoms with E-state index in [2.05, 4.69) is 51.9 Å². The molecule has 0 radical (unpaired) electrons. The Balaban J connectivity index is 1.80. The summed E-state index contributed by atoms with van der Waals surface area (Å²) >= 11 is 0. The number of anilines is 5. The number of carbonyl (C=O) groups excluding carboxylic acids is 1. The van der Waals surface area contributed by atoms with Crippen LogP contribution in [0, 0.1) is 20.8 Å². The third-order valence-electron chi connectivity index (χ3n) is 4.05. The van der Waals surface area contributed by atoms with Crippen molar-refractivity contribution in [2.24, 2.45) is 0 Å². The van der Waals surface area contributed by atoms with E-state index in [9.17, 15) is 4.79 Å². The van der Waals surface area contributed by atoms with Crippen LogP contribution >= 0.6 is 0 Å². The van der Waals surface area contributed by atoms with E-state index in [1.165, 1.54) is 6.92 Å². The summed E-state index contributed by atoms with van der Waals surface area (Å²) in [4.78, 5) is 20.2. The van der Waals surface area contributed by atoms with E-state index in [1.54, 1.807) is 0 Å². The Morgan fingerprint density at radius 1 is 0.852 bits per heavy atom. The molecule has 27 heavy (non-hydrogen) atoms. The zero-order valence-electron chi connectivity index (χ0n) is 15.9. The number of hydrogen-bond donors (Lipinski definition) is 3. The smallest absolute Gasteiger partial charge is 0.229 e. The van der Waals surface area contributed by atoms with Gasteiger partial charge in [0.1, 0.15) is 5.82 Å². The Morgan fingerprint density at radius 2 is 1.48 bits per heavy atom. The molecule has 6 nitrogen and oxygen atoms in total. The van der Waals surface area contributed by atoms with Gasteiger partial charge in [0.15, 0.2) is 0 Å². The molecule has 1 heterocycles. The van der Waals surface area contributed by atoms with Gasteiger partial charge in [-0.2, -0.15) is 4.98 Å². The van der Waals surface area contributed by atoms with Crippen molar-refractivity contribution in [2.75, 3.05) is 16.0 Å². The number of para-hydroxylation sites is 1. The normalized spacial score (nSPS) is 10.4. The highest BCUT2D eigenvalue weighted by Crippen LogP contribution is 2.24. The molecule has 138 valence electrons. The molecule has 0 atom stereocenters. The first-order valence-corrected chi connectivity index (χ1v) is 8.74. The van der Waals surface area contributed by atoms with Gasteiger partial charge in [0.2, 0.25) is 11.9 Å². The molecule has 3 N–H and O–H groups in total. The molecule has 0 aliphatic rings. The van der Waals surface area contributed by atoms with Crippen molar-refractivity contribution in [3.8, 4) is 0 Å². The number of amides is 1. The minimum absolute atomic E-state index is 0.0932. The molecular weight excluding hydrogens is 338 g/mol. The summed E-state index contributed by atoms with van der Waals surface area (Å²) in [5.41, 5.74) is 5.79. The molecular formula is C21H23N5O. The third-order valence-corrected chi connectivity index (χ3v) is 4.05. The summed E-state index contributed by atoms with van der Waals surface area (Å²) in [6.45, 7) is 7.53. The first-order valence-electron chi connectivity index (χ1n) is 8.74. The van der Waals surface area contributed by atoms with E-state index in [0.29, 0.717) is 11.8 Å². The maximum Gasteiger partial charge on any atom is 0.229 e. The van der Waals surface area contributed by atoms with Crippen LogP contribution < -0.4 is 16.0 Å². The van der Waals surface area contributed by atoms with Crippen LogP contribution in [-0.2, 0) is 4.79 Å². The number of nitrogens with zero attached hydrogens (tertiary/aromatic N) is 2. The minimum atomic E-state index is -0.0932. The van der Waals surface area contributed by atoms with Crippen LogP contribution in [0.5, 0.6) is 0 Å². The first-order chi connectivity index (χ1) is 12.9. The molecule has 0 fully saturated rings. The summed E-state index contributed by atoms with van der Waals surface area (Å²) < 4.78 is 0. The van der Waals surface area contributed by atoms with E-state index in [0.717, 1.165) is 33.9 Å². The monoisotopic (exact) mass is 361 g/mol. The van der Waals surface area contributed by atoms with Crippen molar-refractivity contribution < 1.29 is 4.79 Å². The van der Waals surface area contributed by atoms with Gasteiger partial charge in [0.05, 0.1) is 0 Å². The van der Waals surface area contributed by atoms with Gasteiger partial charge in [-0.3, -0.25) is 4.79 Å². The Hall–Kier alpha value is -3.41. The van der Waals surface area contributed by atoms with Gasteiger partial charge in [0, 0.05) is 35.7 Å². The van der Waals surface area contributed by atoms with Gasteiger partial charge >= 0.3 is 0 Å². The van der Waals surface area contributed by atoms with Crippen LogP contribution in [0.3, 0.4) is 0 Å². The molecule has 1 amide bonds. The Labute approximate surface area is 159 Å². The van der Waals surface area contributed by atoms with Crippen molar-refractivity contribution >= 4 is 34.7 Å². The van der Waals surface area contributed by atoms with Crippen LogP contribution in [0.25, 0.3) is 0 Å². The third kappa shape index (κ3) is 4.82. The van der Waals surface area contributed by atoms with Crippen LogP contribution in [0.1, 0.15) is 23.7 Å². The highest BCUT2D eigenvalue weighted by molar-refractivity contribution is 5.88. The van der Waals surface area contributed by atoms with Crippen molar-refractivity contribution in [2.45, 2.75) is 27.7 Å². The topological polar surface area (TPSA) is 78.9 Å². The summed E-state index contributed by atoms with van der Waals surface area (Å²) in [5, 5.41) is 9.35. The van der Waals surface area contributed by atoms with Crippen LogP contribution in [0.15, 0.2) is 48.5 Å². The second kappa shape index (κ2) is 7.86. The summed E-state index contributed by atoms with van der Waals surface area (Å²) in [7, 11) is 0. The maximum atomic E-state index is 11.1. The highest BCUT2D eigenvalue weighted by Gasteiger charge is 2.07. The van der Waals surface area contributed by atoms with E-state index < -0.39 is 0 Å². The summed E-state index contributed by atoms with van der Waals surface area (Å²) in [5.74, 6) is 1.15. The Kier molecular flexibility index (Phi) is 5.35. The quantitative estimate of drug-likeness (QED) is 0.605. The molecule has 0 aliphatic heterocycles. The largest absolute Gasteiger partial charge is 0.340 e. The van der Waals surface area contributed by atoms with Gasteiger partial charge in [-0.1, -0.05) is 18.2 Å². The Morgan fingerprint density at radius 3 is 2.11 bits per heavy atom. The Bertz CT molecular complexity index is 947. The van der Waals surface area contributed by atoms with Crippen LogP contribution in [0.4, 0.5) is 28.8 Å². The van der Waals surface area contributed by atoms with Gasteiger partial charge in [-0.15, -0.1) is 0 Å². The molecule has 0 saturated heterocycles. The van der Waals surface area contributed by atoms with Gasteiger partial charge < -0.3 is 16.0 Å². The average Bonchev–Trinajstić information content (AvgIpc) is 2.59. The fourth-order valence-electron chi connectivity index (χ4n) is 2.80. The molecule has 0 spiro atoms. The lowest BCUT2D eigenvalue weighted by Crippen LogP contribution is -2.06. The average molecular weight is 361 g/mol. The fourth-order valence-corrected chi connectivity index (χ4v) is 2.80. The van der Waals surface area contributed by atoms with Gasteiger partial charge in [-0.25, -0.2) is 4.98 Å². The zero-order chi connectivity index (χ0) is 19.4. The molecule has 0 saturated carbocycles. The zero-order valence-corrected chi connectivity index (χ0v) is 15.9. The second-order valence-electron chi connectivity index (χ2n) is 6.49. The number of hydrogen-bond acceptors (Lipinski definition) is 5. The number of benzene rings is 2. The fraction of sp³-hybridized carbons (Fsp3) is 0.190. The predicted molar refractivity (Wildman–Crippen MR) is 110 cm³/mol. The molecule has 3 rings (SSSR count). The highest BCUT2D eigenvalue weighted by atomic mass is 16.1. The van der Waals surface area contributed by atoms with Crippen LogP contribution in [-0.4, -0.2) is 15.9 Å². The van der Waals surface area contributed by atoms with Crippen molar-refractivity contribution in [3.63, 3.8) is 0 Å². The van der Waals surface area contributed by atoms with Crippen molar-refractivity contribution in [3.05, 3.63) is 65.4 Å². The first kappa shape index (κ1) is 18.4. The molecule has 6 heteroatoms. The number of rotatable bonds is 5. The SMILES string of the molecule is CC(=O)Nc1ccc(Nc2cc(C)nc(Nc3c(C)cccc3C)n2)cc1. The molecule has 0 aliphatic carbocycles. The number of aromatic nitrogens is 2. The molecule has 0 unspecified atom stereocenters. The lowest BCUT2D eigenvalue weighted by Gasteiger charge is -2.13. The van der Waals surface area contributed by atoms with Gasteiger partial charge in [0.25, 0.3) is 0 Å². The molecule has 0 bridgehead atoms. The lowest BCUT2D eigenvalue weighted by atomic mass is 10.1. The number of nitrogens with one attached hydrogen (secondary N) is 3. The predicted octanol–water partition coefficient (Wildman–Crippen LogP) is 4.85. The van der Waals surface area contributed by atoms with E-state index in [1.807, 2.05) is 43.3 Å². The van der Waals surface area contributed by atoms with Crippen molar-refractivity contribution in [1.29, 1.82) is 0 Å². The minimum Gasteiger partial charge on any atom is -0.340 e. The van der Waals surface area contributed by atoms with E-state index in [-0.39, 0.29) is 5.91 Å². The summed E-state index contributed by atoms with van der Waals surface area (Å²) in [6.07, 6.45) is 0. The standard InChI is InChI=1S/C21H23N5O/c1-13-6-5-7-14(2)20(13)26-21-22-15(3)12-19(25-21)24-18-10-8-17(9-11-18)23-16(4)27/h5-12H,1-4H3,(H,23,27)(H2,22,24,25,26). The molecule has 2 aromatic carbocycles.